The molecule has 11 heteroatoms. The quantitative estimate of drug-likeness (QED) is 0.211. The van der Waals surface area contributed by atoms with Gasteiger partial charge in [-0.05, 0) is 33.6 Å². The van der Waals surface area contributed by atoms with Crippen LogP contribution in [0.2, 0.25) is 0 Å². The first-order chi connectivity index (χ1) is 19.8. The van der Waals surface area contributed by atoms with Gasteiger partial charge >= 0.3 is 17.9 Å². The Labute approximate surface area is 245 Å². The molecule has 5 rings (SSSR count). The molecule has 0 aromatic rings. The molecular weight excluding hydrogens is 548 g/mol. The third-order valence-electron chi connectivity index (χ3n) is 10.1. The van der Waals surface area contributed by atoms with E-state index in [-0.39, 0.29) is 19.3 Å². The summed E-state index contributed by atoms with van der Waals surface area (Å²) in [5.74, 6) is -1.90. The predicted octanol–water partition coefficient (Wildman–Crippen LogP) is 2.08. The van der Waals surface area contributed by atoms with Gasteiger partial charge in [-0.3, -0.25) is 9.59 Å². The number of ether oxygens (including phenoxy) is 6. The van der Waals surface area contributed by atoms with E-state index < -0.39 is 76.9 Å². The zero-order valence-electron chi connectivity index (χ0n) is 24.9. The molecule has 2 spiro atoms. The van der Waals surface area contributed by atoms with Crippen LogP contribution in [0.1, 0.15) is 60.3 Å². The average Bonchev–Trinajstić information content (AvgIpc) is 3.68. The number of carbonyl (C=O) groups excluding carboxylic acids is 3. The van der Waals surface area contributed by atoms with Gasteiger partial charge in [0.05, 0.1) is 43.4 Å². The van der Waals surface area contributed by atoms with Gasteiger partial charge in [0.25, 0.3) is 0 Å². The van der Waals surface area contributed by atoms with Crippen molar-refractivity contribution in [2.75, 3.05) is 19.8 Å². The maximum atomic E-state index is 13.4. The van der Waals surface area contributed by atoms with Gasteiger partial charge in [0.15, 0.2) is 0 Å². The van der Waals surface area contributed by atoms with Gasteiger partial charge in [-0.15, -0.1) is 0 Å². The van der Waals surface area contributed by atoms with Crippen molar-refractivity contribution >= 4 is 17.9 Å². The van der Waals surface area contributed by atoms with Crippen LogP contribution in [0.5, 0.6) is 0 Å². The molecular formula is C31H42O11. The Hall–Kier alpha value is -2.57. The van der Waals surface area contributed by atoms with Gasteiger partial charge in [0, 0.05) is 24.8 Å². The fraction of sp³-hybridized carbons (Fsp3) is 0.710. The molecule has 0 aromatic carbocycles. The highest BCUT2D eigenvalue weighted by Crippen LogP contribution is 2.72. The molecule has 42 heavy (non-hydrogen) atoms. The van der Waals surface area contributed by atoms with Gasteiger partial charge in [0.1, 0.15) is 36.1 Å². The minimum absolute atomic E-state index is 0.0475. The Morgan fingerprint density at radius 1 is 1.17 bits per heavy atom. The van der Waals surface area contributed by atoms with Crippen molar-refractivity contribution in [2.45, 2.75) is 108 Å². The van der Waals surface area contributed by atoms with Crippen molar-refractivity contribution in [1.82, 2.24) is 0 Å². The lowest BCUT2D eigenvalue weighted by atomic mass is 9.51. The van der Waals surface area contributed by atoms with Gasteiger partial charge in [0.2, 0.25) is 0 Å². The van der Waals surface area contributed by atoms with E-state index in [9.17, 15) is 24.6 Å². The molecule has 0 radical (unpaired) electrons. The first-order valence-electron chi connectivity index (χ1n) is 14.6. The Kier molecular flexibility index (Phi) is 8.21. The number of rotatable bonds is 2. The van der Waals surface area contributed by atoms with Crippen LogP contribution in [0.4, 0.5) is 0 Å². The SMILES string of the molecule is CC(=O)OC1(C)CC(=O)OCC23CCC(C)=CC2OC2CC(OC(=O)C=CC=CC(C(C)O)OCC1O)C3(C)C21CO1. The molecule has 10 atom stereocenters. The average molecular weight is 591 g/mol. The van der Waals surface area contributed by atoms with Crippen LogP contribution in [0, 0.1) is 10.8 Å². The smallest absolute Gasteiger partial charge is 0.331 e. The fourth-order valence-corrected chi connectivity index (χ4v) is 7.45. The molecule has 3 heterocycles. The fourth-order valence-electron chi connectivity index (χ4n) is 7.45. The highest BCUT2D eigenvalue weighted by molar-refractivity contribution is 5.82. The molecule has 2 saturated heterocycles. The lowest BCUT2D eigenvalue weighted by Crippen LogP contribution is -2.66. The van der Waals surface area contributed by atoms with Crippen molar-refractivity contribution in [1.29, 1.82) is 0 Å². The minimum atomic E-state index is -1.66. The van der Waals surface area contributed by atoms with Crippen molar-refractivity contribution in [3.63, 3.8) is 0 Å². The number of epoxide rings is 1. The lowest BCUT2D eigenvalue weighted by molar-refractivity contribution is -0.234. The molecule has 2 N–H and O–H groups in total. The summed E-state index contributed by atoms with van der Waals surface area (Å²) < 4.78 is 36.0. The van der Waals surface area contributed by atoms with E-state index in [1.54, 1.807) is 6.08 Å². The van der Waals surface area contributed by atoms with Gasteiger partial charge in [-0.25, -0.2) is 4.79 Å². The summed E-state index contributed by atoms with van der Waals surface area (Å²) in [6.07, 6.45) is 4.82. The molecule has 232 valence electrons. The highest BCUT2D eigenvalue weighted by atomic mass is 16.6. The first-order valence-corrected chi connectivity index (χ1v) is 14.6. The first kappa shape index (κ1) is 30.9. The number of hydrogen-bond donors (Lipinski definition) is 2. The molecule has 0 aromatic heterocycles. The lowest BCUT2D eigenvalue weighted by Gasteiger charge is -2.58. The van der Waals surface area contributed by atoms with Crippen LogP contribution >= 0.6 is 0 Å². The van der Waals surface area contributed by atoms with Crippen LogP contribution in [0.15, 0.2) is 36.0 Å². The van der Waals surface area contributed by atoms with Crippen molar-refractivity contribution in [3.8, 4) is 0 Å². The van der Waals surface area contributed by atoms with Crippen molar-refractivity contribution in [2.24, 2.45) is 10.8 Å². The number of aliphatic hydroxyl groups is 2. The number of esters is 3. The zero-order chi connectivity index (χ0) is 30.5. The summed E-state index contributed by atoms with van der Waals surface area (Å²) in [5, 5.41) is 21.2. The third-order valence-corrected chi connectivity index (χ3v) is 10.1. The van der Waals surface area contributed by atoms with Crippen LogP contribution in [0.25, 0.3) is 0 Å². The van der Waals surface area contributed by atoms with E-state index >= 15 is 0 Å². The molecule has 2 aliphatic carbocycles. The molecule has 1 saturated carbocycles. The topological polar surface area (TPSA) is 150 Å². The zero-order valence-corrected chi connectivity index (χ0v) is 24.9. The van der Waals surface area contributed by atoms with Crippen LogP contribution in [-0.2, 0) is 42.8 Å². The Balaban J connectivity index is 1.53. The molecule has 0 amide bonds. The van der Waals surface area contributed by atoms with Crippen LogP contribution in [0.3, 0.4) is 0 Å². The summed E-state index contributed by atoms with van der Waals surface area (Å²) in [4.78, 5) is 38.5. The molecule has 5 aliphatic rings. The maximum absolute atomic E-state index is 13.4. The number of cyclic esters (lactones) is 1. The number of aliphatic hydroxyl groups excluding tert-OH is 2. The third kappa shape index (κ3) is 5.13. The summed E-state index contributed by atoms with van der Waals surface area (Å²) >= 11 is 0. The second-order valence-electron chi connectivity index (χ2n) is 12.8. The Bertz CT molecular complexity index is 1190. The second-order valence-corrected chi connectivity index (χ2v) is 12.8. The summed E-state index contributed by atoms with van der Waals surface area (Å²) in [7, 11) is 0. The second kappa shape index (κ2) is 11.2. The number of allylic oxidation sites excluding steroid dienone is 3. The predicted molar refractivity (Wildman–Crippen MR) is 147 cm³/mol. The Morgan fingerprint density at radius 2 is 1.90 bits per heavy atom. The standard InChI is InChI=1S/C31H42O11/c1-18-10-11-30-16-38-27(36)14-28(4,42-20(3)33)22(34)15-37-21(19(2)32)8-6-7-9-26(35)41-23-13-25(40-24(30)12-18)31(17-39-31)29(23,30)5/h6-9,12,19,21-25,32,34H,10-11,13-17H2,1-5H3. The van der Waals surface area contributed by atoms with E-state index in [0.29, 0.717) is 19.4 Å². The Morgan fingerprint density at radius 3 is 2.57 bits per heavy atom. The van der Waals surface area contributed by atoms with Crippen molar-refractivity contribution in [3.05, 3.63) is 36.0 Å². The largest absolute Gasteiger partial charge is 0.465 e. The van der Waals surface area contributed by atoms with Gasteiger partial charge < -0.3 is 38.6 Å². The van der Waals surface area contributed by atoms with Crippen LogP contribution in [-0.4, -0.2) is 95.8 Å². The monoisotopic (exact) mass is 590 g/mol. The van der Waals surface area contributed by atoms with Gasteiger partial charge in [-0.1, -0.05) is 36.8 Å². The summed E-state index contributed by atoms with van der Waals surface area (Å²) in [6.45, 7) is 8.28. The maximum Gasteiger partial charge on any atom is 0.331 e. The normalized spacial score (nSPS) is 44.6. The number of hydrogen-bond acceptors (Lipinski definition) is 11. The molecule has 3 aliphatic heterocycles. The molecule has 3 fully saturated rings. The summed E-state index contributed by atoms with van der Waals surface area (Å²) in [5.41, 5.74) is -2.67. The van der Waals surface area contributed by atoms with E-state index in [4.69, 9.17) is 28.4 Å². The summed E-state index contributed by atoms with van der Waals surface area (Å²) in [6, 6.07) is 0. The van der Waals surface area contributed by atoms with Gasteiger partial charge in [-0.2, -0.15) is 0 Å². The van der Waals surface area contributed by atoms with Crippen molar-refractivity contribution < 1.29 is 53.0 Å². The molecule has 11 nitrogen and oxygen atoms in total. The van der Waals surface area contributed by atoms with E-state index in [1.807, 2.05) is 6.92 Å². The molecule has 2 bridgehead atoms. The minimum Gasteiger partial charge on any atom is -0.465 e. The van der Waals surface area contributed by atoms with E-state index in [1.165, 1.54) is 39.0 Å². The van der Waals surface area contributed by atoms with Crippen LogP contribution < -0.4 is 0 Å². The molecule has 10 unspecified atom stereocenters. The van der Waals surface area contributed by atoms with E-state index in [0.717, 1.165) is 12.0 Å². The van der Waals surface area contributed by atoms with E-state index in [2.05, 4.69) is 13.0 Å². The highest BCUT2D eigenvalue weighted by Gasteiger charge is 2.83. The number of carbonyl (C=O) groups is 3.